The Hall–Kier alpha value is -1.03. The van der Waals surface area contributed by atoms with Crippen LogP contribution in [0.3, 0.4) is 0 Å². The lowest BCUT2D eigenvalue weighted by Gasteiger charge is -2.00. The fourth-order valence-electron chi connectivity index (χ4n) is 0.613. The van der Waals surface area contributed by atoms with Crippen LogP contribution in [0.4, 0.5) is 10.1 Å². The van der Waals surface area contributed by atoms with E-state index in [1.165, 1.54) is 7.11 Å². The highest BCUT2D eigenvalue weighted by Gasteiger charge is 1.99. The molecule has 0 radical (unpaired) electrons. The number of rotatable bonds is 1. The zero-order valence-corrected chi connectivity index (χ0v) is 6.69. The third-order valence-corrected chi connectivity index (χ3v) is 1.04. The highest BCUT2D eigenvalue weighted by Crippen LogP contribution is 2.16. The van der Waals surface area contributed by atoms with Gasteiger partial charge in [0.2, 0.25) is 5.88 Å². The summed E-state index contributed by atoms with van der Waals surface area (Å²) in [7, 11) is 1.43. The summed E-state index contributed by atoms with van der Waals surface area (Å²) in [5, 5.41) is 0. The Labute approximate surface area is 69.8 Å². The van der Waals surface area contributed by atoms with Crippen molar-refractivity contribution >= 4 is 18.1 Å². The van der Waals surface area contributed by atoms with Gasteiger partial charge in [0, 0.05) is 6.07 Å². The predicted molar refractivity (Wildman–Crippen MR) is 42.4 cm³/mol. The number of nitrogens with two attached hydrogens (primary N) is 1. The number of pyridine rings is 1. The van der Waals surface area contributed by atoms with Gasteiger partial charge in [-0.2, -0.15) is 0 Å². The van der Waals surface area contributed by atoms with Crippen molar-refractivity contribution in [2.24, 2.45) is 0 Å². The van der Waals surface area contributed by atoms with Gasteiger partial charge in [0.1, 0.15) is 5.82 Å². The molecule has 0 aromatic carbocycles. The number of anilines is 1. The summed E-state index contributed by atoms with van der Waals surface area (Å²) in [5.41, 5.74) is 5.52. The molecule has 0 saturated carbocycles. The Bertz CT molecular complexity index is 244. The SMILES string of the molecule is COc1ncc(F)cc1N.Cl. The fraction of sp³-hybridized carbons (Fsp3) is 0.167. The average Bonchev–Trinajstić information content (AvgIpc) is 1.88. The van der Waals surface area contributed by atoms with Gasteiger partial charge >= 0.3 is 0 Å². The summed E-state index contributed by atoms with van der Waals surface area (Å²) in [6, 6.07) is 1.16. The Balaban J connectivity index is 0.000001000. The molecule has 0 aliphatic carbocycles. The van der Waals surface area contributed by atoms with Crippen molar-refractivity contribution < 1.29 is 9.13 Å². The molecule has 0 spiro atoms. The molecule has 1 aromatic heterocycles. The molecule has 0 atom stereocenters. The van der Waals surface area contributed by atoms with Gasteiger partial charge in [0.05, 0.1) is 19.0 Å². The summed E-state index contributed by atoms with van der Waals surface area (Å²) in [5.74, 6) is -0.209. The monoisotopic (exact) mass is 178 g/mol. The lowest BCUT2D eigenvalue weighted by molar-refractivity contribution is 0.398. The van der Waals surface area contributed by atoms with Crippen LogP contribution >= 0.6 is 12.4 Å². The molecule has 0 fully saturated rings. The van der Waals surface area contributed by atoms with Crippen molar-refractivity contribution in [3.63, 3.8) is 0 Å². The molecular formula is C6H8ClFN2O. The van der Waals surface area contributed by atoms with E-state index in [0.29, 0.717) is 0 Å². The minimum Gasteiger partial charge on any atom is -0.480 e. The average molecular weight is 179 g/mol. The van der Waals surface area contributed by atoms with Gasteiger partial charge in [0.25, 0.3) is 0 Å². The van der Waals surface area contributed by atoms with E-state index in [0.717, 1.165) is 12.3 Å². The molecule has 1 aromatic rings. The quantitative estimate of drug-likeness (QED) is 0.704. The first-order chi connectivity index (χ1) is 4.74. The van der Waals surface area contributed by atoms with Crippen LogP contribution in [0, 0.1) is 5.82 Å². The van der Waals surface area contributed by atoms with Crippen LogP contribution in [0.25, 0.3) is 0 Å². The molecule has 0 aliphatic rings. The summed E-state index contributed by atoms with van der Waals surface area (Å²) < 4.78 is 17.0. The molecule has 2 N–H and O–H groups in total. The summed E-state index contributed by atoms with van der Waals surface area (Å²) in [4.78, 5) is 3.57. The lowest BCUT2D eigenvalue weighted by atomic mass is 10.4. The van der Waals surface area contributed by atoms with E-state index in [1.54, 1.807) is 0 Å². The van der Waals surface area contributed by atoms with Gasteiger partial charge < -0.3 is 10.5 Å². The minimum atomic E-state index is -0.460. The molecule has 0 unspecified atom stereocenters. The Morgan fingerprint density at radius 1 is 1.64 bits per heavy atom. The van der Waals surface area contributed by atoms with Crippen LogP contribution < -0.4 is 10.5 Å². The van der Waals surface area contributed by atoms with E-state index in [1.807, 2.05) is 0 Å². The normalized spacial score (nSPS) is 8.55. The first-order valence-corrected chi connectivity index (χ1v) is 2.69. The molecule has 11 heavy (non-hydrogen) atoms. The maximum atomic E-state index is 12.3. The summed E-state index contributed by atoms with van der Waals surface area (Å²) in [6.45, 7) is 0. The second kappa shape index (κ2) is 3.98. The number of hydrogen-bond acceptors (Lipinski definition) is 3. The second-order valence-electron chi connectivity index (χ2n) is 1.75. The van der Waals surface area contributed by atoms with Crippen LogP contribution in [-0.2, 0) is 0 Å². The van der Waals surface area contributed by atoms with Crippen LogP contribution in [-0.4, -0.2) is 12.1 Å². The molecular weight excluding hydrogens is 171 g/mol. The maximum absolute atomic E-state index is 12.3. The van der Waals surface area contributed by atoms with E-state index >= 15 is 0 Å². The minimum absolute atomic E-state index is 0. The summed E-state index contributed by atoms with van der Waals surface area (Å²) in [6.07, 6.45) is 1.05. The van der Waals surface area contributed by atoms with Gasteiger partial charge in [-0.15, -0.1) is 12.4 Å². The van der Waals surface area contributed by atoms with E-state index in [4.69, 9.17) is 10.5 Å². The number of hydrogen-bond donors (Lipinski definition) is 1. The van der Waals surface area contributed by atoms with E-state index in [9.17, 15) is 4.39 Å². The first-order valence-electron chi connectivity index (χ1n) is 2.69. The zero-order valence-electron chi connectivity index (χ0n) is 5.87. The van der Waals surface area contributed by atoms with Crippen LogP contribution in [0.5, 0.6) is 5.88 Å². The van der Waals surface area contributed by atoms with Crippen LogP contribution in [0.15, 0.2) is 12.3 Å². The molecule has 62 valence electrons. The largest absolute Gasteiger partial charge is 0.480 e. The van der Waals surface area contributed by atoms with Crippen molar-refractivity contribution in [3.05, 3.63) is 18.1 Å². The van der Waals surface area contributed by atoms with Crippen molar-refractivity contribution in [2.75, 3.05) is 12.8 Å². The Morgan fingerprint density at radius 2 is 2.27 bits per heavy atom. The second-order valence-corrected chi connectivity index (χ2v) is 1.75. The standard InChI is InChI=1S/C6H7FN2O.ClH/c1-10-6-5(8)2-4(7)3-9-6;/h2-3H,8H2,1H3;1H. The van der Waals surface area contributed by atoms with E-state index in [2.05, 4.69) is 4.98 Å². The Morgan fingerprint density at radius 3 is 2.73 bits per heavy atom. The molecule has 3 nitrogen and oxygen atoms in total. The number of nitrogens with zero attached hydrogens (tertiary/aromatic N) is 1. The molecule has 0 saturated heterocycles. The maximum Gasteiger partial charge on any atom is 0.237 e. The van der Waals surface area contributed by atoms with Crippen molar-refractivity contribution in [1.29, 1.82) is 0 Å². The molecule has 0 amide bonds. The summed E-state index contributed by atoms with van der Waals surface area (Å²) >= 11 is 0. The molecule has 0 aliphatic heterocycles. The number of halogens is 2. The number of ether oxygens (including phenoxy) is 1. The van der Waals surface area contributed by atoms with E-state index < -0.39 is 5.82 Å². The Kier molecular flexibility index (Phi) is 3.60. The topological polar surface area (TPSA) is 48.1 Å². The third-order valence-electron chi connectivity index (χ3n) is 1.04. The smallest absolute Gasteiger partial charge is 0.237 e. The van der Waals surface area contributed by atoms with Gasteiger partial charge in [-0.1, -0.05) is 0 Å². The molecule has 0 bridgehead atoms. The van der Waals surface area contributed by atoms with E-state index in [-0.39, 0.29) is 24.0 Å². The molecule has 5 heteroatoms. The van der Waals surface area contributed by atoms with Crippen LogP contribution in [0.1, 0.15) is 0 Å². The van der Waals surface area contributed by atoms with Gasteiger partial charge in [-0.05, 0) is 0 Å². The van der Waals surface area contributed by atoms with Gasteiger partial charge in [-0.3, -0.25) is 0 Å². The number of nitrogen functional groups attached to an aromatic ring is 1. The first kappa shape index (κ1) is 9.97. The van der Waals surface area contributed by atoms with Crippen LogP contribution in [0.2, 0.25) is 0 Å². The highest BCUT2D eigenvalue weighted by atomic mass is 35.5. The highest BCUT2D eigenvalue weighted by molar-refractivity contribution is 5.85. The fourth-order valence-corrected chi connectivity index (χ4v) is 0.613. The van der Waals surface area contributed by atoms with Crippen molar-refractivity contribution in [3.8, 4) is 5.88 Å². The predicted octanol–water partition coefficient (Wildman–Crippen LogP) is 1.23. The zero-order chi connectivity index (χ0) is 7.56. The lowest BCUT2D eigenvalue weighted by Crippen LogP contribution is -1.95. The molecule has 1 rings (SSSR count). The molecule has 1 heterocycles. The van der Waals surface area contributed by atoms with Crippen molar-refractivity contribution in [2.45, 2.75) is 0 Å². The number of methoxy groups -OCH3 is 1. The van der Waals surface area contributed by atoms with Crippen molar-refractivity contribution in [1.82, 2.24) is 4.98 Å². The third kappa shape index (κ3) is 2.23. The number of aromatic nitrogens is 1. The van der Waals surface area contributed by atoms with Gasteiger partial charge in [0.15, 0.2) is 0 Å². The van der Waals surface area contributed by atoms with Gasteiger partial charge in [-0.25, -0.2) is 9.37 Å².